The average molecular weight is 503 g/mol. The first-order chi connectivity index (χ1) is 18.1. The van der Waals surface area contributed by atoms with Crippen LogP contribution in [-0.2, 0) is 22.4 Å². The fraction of sp³-hybridized carbons (Fsp3) is 0.333. The lowest BCUT2D eigenvalue weighted by Crippen LogP contribution is -2.53. The number of nitrogens with one attached hydrogen (secondary N) is 4. The predicted octanol–water partition coefficient (Wildman–Crippen LogP) is 3.56. The molecule has 7 heteroatoms. The Morgan fingerprint density at radius 2 is 1.70 bits per heavy atom. The molecule has 3 aromatic carbocycles. The van der Waals surface area contributed by atoms with Crippen LogP contribution in [0, 0.1) is 5.92 Å². The monoisotopic (exact) mass is 502 g/mol. The number of aromatic amines is 1. The molecular weight excluding hydrogens is 464 g/mol. The molecule has 0 bridgehead atoms. The molecule has 4 aromatic rings. The van der Waals surface area contributed by atoms with Gasteiger partial charge in [-0.15, -0.1) is 0 Å². The number of carbonyl (C=O) groups excluding carboxylic acids is 2. The molecular formula is C30H38N4O3. The highest BCUT2D eigenvalue weighted by Crippen LogP contribution is 2.20. The zero-order valence-corrected chi connectivity index (χ0v) is 20.9. The van der Waals surface area contributed by atoms with Gasteiger partial charge in [0.2, 0.25) is 11.8 Å². The van der Waals surface area contributed by atoms with Gasteiger partial charge in [-0.2, -0.15) is 0 Å². The number of aromatic nitrogens is 1. The second-order valence-corrected chi connectivity index (χ2v) is 9.92. The molecule has 1 saturated heterocycles. The van der Waals surface area contributed by atoms with E-state index in [4.69, 9.17) is 0 Å². The molecule has 0 spiro atoms. The van der Waals surface area contributed by atoms with Gasteiger partial charge in [-0.1, -0.05) is 60.7 Å². The van der Waals surface area contributed by atoms with Crippen molar-refractivity contribution in [3.05, 3.63) is 84.1 Å². The molecule has 5 rings (SSSR count). The first-order valence-electron chi connectivity index (χ1n) is 13.1. The number of para-hydroxylation sites is 1. The fourth-order valence-corrected chi connectivity index (χ4v) is 5.21. The number of piperidine rings is 1. The van der Waals surface area contributed by atoms with E-state index in [2.05, 4.69) is 33.1 Å². The molecule has 196 valence electrons. The number of carbonyl (C=O) groups is 2. The summed E-state index contributed by atoms with van der Waals surface area (Å²) in [4.78, 5) is 29.9. The summed E-state index contributed by atoms with van der Waals surface area (Å²) in [5.41, 5.74) is 3.02. The van der Waals surface area contributed by atoms with Crippen molar-refractivity contribution in [2.45, 2.75) is 37.8 Å². The second kappa shape index (κ2) is 11.6. The number of hydrogen-bond donors (Lipinski definition) is 5. The molecule has 2 heterocycles. The van der Waals surface area contributed by atoms with Crippen molar-refractivity contribution in [1.29, 1.82) is 0 Å². The first kappa shape index (κ1) is 25.0. The topological polar surface area (TPSA) is 106 Å². The van der Waals surface area contributed by atoms with Crippen LogP contribution in [0.15, 0.2) is 72.9 Å². The molecule has 1 aromatic heterocycles. The molecule has 2 atom stereocenters. The van der Waals surface area contributed by atoms with Crippen LogP contribution in [0.1, 0.15) is 26.8 Å². The number of hydrogen-bond acceptors (Lipinski definition) is 4. The number of fused-ring (bicyclic) bond motifs is 2. The highest BCUT2D eigenvalue weighted by atomic mass is 16.3. The van der Waals surface area contributed by atoms with Gasteiger partial charge in [0.1, 0.15) is 6.04 Å². The van der Waals surface area contributed by atoms with E-state index in [1.807, 2.05) is 60.8 Å². The lowest BCUT2D eigenvalue weighted by molar-refractivity contribution is -0.132. The number of amides is 2. The van der Waals surface area contributed by atoms with Crippen LogP contribution in [-0.4, -0.2) is 53.7 Å². The van der Waals surface area contributed by atoms with Crippen molar-refractivity contribution in [2.75, 3.05) is 19.7 Å². The van der Waals surface area contributed by atoms with Crippen LogP contribution in [0.4, 0.5) is 0 Å². The molecule has 0 aliphatic carbocycles. The van der Waals surface area contributed by atoms with E-state index in [1.165, 1.54) is 0 Å². The maximum Gasteiger partial charge on any atom is 0.243 e. The molecule has 1 aliphatic heterocycles. The van der Waals surface area contributed by atoms with Crippen molar-refractivity contribution in [1.82, 2.24) is 20.9 Å². The Kier molecular flexibility index (Phi) is 7.82. The third kappa shape index (κ3) is 6.01. The molecule has 2 amide bonds. The lowest BCUT2D eigenvalue weighted by Gasteiger charge is -2.26. The Balaban J connectivity index is 0.00000210. The third-order valence-corrected chi connectivity index (χ3v) is 7.30. The van der Waals surface area contributed by atoms with Gasteiger partial charge >= 0.3 is 0 Å². The van der Waals surface area contributed by atoms with Crippen LogP contribution >= 0.6 is 0 Å². The largest absolute Gasteiger partial charge is 0.394 e. The summed E-state index contributed by atoms with van der Waals surface area (Å²) in [6, 6.07) is 21.0. The summed E-state index contributed by atoms with van der Waals surface area (Å²) in [6.45, 7) is 1.41. The number of rotatable bonds is 9. The van der Waals surface area contributed by atoms with Crippen LogP contribution < -0.4 is 16.0 Å². The third-order valence-electron chi connectivity index (χ3n) is 7.30. The number of aliphatic hydroxyl groups excluding tert-OH is 1. The van der Waals surface area contributed by atoms with E-state index in [-0.39, 0.29) is 27.2 Å². The Morgan fingerprint density at radius 3 is 2.51 bits per heavy atom. The molecule has 7 nitrogen and oxygen atoms in total. The summed E-state index contributed by atoms with van der Waals surface area (Å²) in [5, 5.41) is 22.7. The second-order valence-electron chi connectivity index (χ2n) is 9.92. The van der Waals surface area contributed by atoms with Crippen LogP contribution in [0.3, 0.4) is 0 Å². The Bertz CT molecular complexity index is 1390. The van der Waals surface area contributed by atoms with E-state index in [0.29, 0.717) is 12.8 Å². The molecule has 0 radical (unpaired) electrons. The van der Waals surface area contributed by atoms with E-state index in [1.54, 1.807) is 0 Å². The zero-order valence-electron chi connectivity index (χ0n) is 20.9. The van der Waals surface area contributed by atoms with Crippen molar-refractivity contribution >= 4 is 33.5 Å². The summed E-state index contributed by atoms with van der Waals surface area (Å²) in [5.74, 6) is -0.470. The first-order valence-corrected chi connectivity index (χ1v) is 13.1. The normalized spacial score (nSPS) is 15.9. The van der Waals surface area contributed by atoms with Gasteiger partial charge in [0.05, 0.1) is 12.6 Å². The van der Waals surface area contributed by atoms with E-state index in [0.717, 1.165) is 58.7 Å². The van der Waals surface area contributed by atoms with Gasteiger partial charge in [0.15, 0.2) is 0 Å². The van der Waals surface area contributed by atoms with Crippen molar-refractivity contribution < 1.29 is 17.5 Å². The number of benzene rings is 3. The maximum atomic E-state index is 13.5. The summed E-state index contributed by atoms with van der Waals surface area (Å²) < 4.78 is 0. The highest BCUT2D eigenvalue weighted by molar-refractivity contribution is 5.90. The van der Waals surface area contributed by atoms with Gasteiger partial charge in [0.25, 0.3) is 0 Å². The molecule has 37 heavy (non-hydrogen) atoms. The molecule has 1 aliphatic rings. The van der Waals surface area contributed by atoms with Crippen molar-refractivity contribution in [3.8, 4) is 0 Å². The van der Waals surface area contributed by atoms with E-state index < -0.39 is 12.1 Å². The van der Waals surface area contributed by atoms with Gasteiger partial charge in [-0.3, -0.25) is 9.59 Å². The van der Waals surface area contributed by atoms with Gasteiger partial charge in [-0.05, 0) is 60.3 Å². The average Bonchev–Trinajstić information content (AvgIpc) is 3.35. The molecule has 5 N–H and O–H groups in total. The predicted molar refractivity (Wildman–Crippen MR) is 150 cm³/mol. The smallest absolute Gasteiger partial charge is 0.243 e. The minimum atomic E-state index is -0.736. The van der Waals surface area contributed by atoms with Crippen molar-refractivity contribution in [3.63, 3.8) is 0 Å². The van der Waals surface area contributed by atoms with Crippen LogP contribution in [0.2, 0.25) is 0 Å². The summed E-state index contributed by atoms with van der Waals surface area (Å²) >= 11 is 0. The molecule has 1 fully saturated rings. The lowest BCUT2D eigenvalue weighted by atomic mass is 9.95. The van der Waals surface area contributed by atoms with Crippen LogP contribution in [0.25, 0.3) is 21.7 Å². The molecule has 0 saturated carbocycles. The molecule has 1 unspecified atom stereocenters. The van der Waals surface area contributed by atoms with Crippen molar-refractivity contribution in [2.24, 2.45) is 5.92 Å². The Hall–Kier alpha value is -3.68. The standard InChI is InChI=1S/C30H34N4O3.2H2/c35-19-25(17-24-18-32-27-8-4-3-7-26(24)27)33-30(37)28(34-29(36)22-11-13-31-14-12-22)16-20-9-10-21-5-1-2-6-23(21)15-20;;/h1-10,15,18,22,25,28,31-32,35H,11-14,16-17,19H2,(H,33,37)(H,34,36);2*1H/t25-,28?;;/m1../s1. The zero-order chi connectivity index (χ0) is 25.6. The van der Waals surface area contributed by atoms with Gasteiger partial charge in [-0.25, -0.2) is 0 Å². The fourth-order valence-electron chi connectivity index (χ4n) is 5.21. The Labute approximate surface area is 219 Å². The number of aliphatic hydroxyl groups is 1. The Morgan fingerprint density at radius 1 is 0.946 bits per heavy atom. The minimum absolute atomic E-state index is 0. The minimum Gasteiger partial charge on any atom is -0.394 e. The van der Waals surface area contributed by atoms with Crippen LogP contribution in [0.5, 0.6) is 0 Å². The quantitative estimate of drug-likeness (QED) is 0.241. The number of H-pyrrole nitrogens is 1. The summed E-state index contributed by atoms with van der Waals surface area (Å²) in [7, 11) is 0. The van der Waals surface area contributed by atoms with E-state index in [9.17, 15) is 14.7 Å². The SMILES string of the molecule is O=C(NC(Cc1ccc2ccccc2c1)C(=O)N[C@@H](CO)Cc1c[nH]c2ccccc12)C1CCNCC1.[HH].[HH]. The maximum absolute atomic E-state index is 13.5. The van der Waals surface area contributed by atoms with E-state index >= 15 is 0 Å². The highest BCUT2D eigenvalue weighted by Gasteiger charge is 2.28. The van der Waals surface area contributed by atoms with Gasteiger partial charge in [0, 0.05) is 32.3 Å². The van der Waals surface area contributed by atoms with Gasteiger partial charge < -0.3 is 26.0 Å². The summed E-state index contributed by atoms with van der Waals surface area (Å²) in [6.07, 6.45) is 4.30.